The molecule has 1 aliphatic rings. The van der Waals surface area contributed by atoms with Crippen LogP contribution in [0.25, 0.3) is 0 Å². The van der Waals surface area contributed by atoms with E-state index in [0.29, 0.717) is 0 Å². The molecule has 0 amide bonds. The molecule has 2 rings (SSSR count). The fourth-order valence-electron chi connectivity index (χ4n) is 2.14. The fourth-order valence-corrected chi connectivity index (χ4v) is 2.14. The highest BCUT2D eigenvalue weighted by Gasteiger charge is 2.17. The van der Waals surface area contributed by atoms with Crippen molar-refractivity contribution in [2.45, 2.75) is 19.4 Å². The van der Waals surface area contributed by atoms with Gasteiger partial charge in [-0.3, -0.25) is 0 Å². The molecule has 1 saturated heterocycles. The minimum absolute atomic E-state index is 0.239. The van der Waals surface area contributed by atoms with Crippen molar-refractivity contribution in [3.63, 3.8) is 0 Å². The first-order valence-corrected chi connectivity index (χ1v) is 6.01. The van der Waals surface area contributed by atoms with Crippen LogP contribution in [0.5, 0.6) is 5.75 Å². The second-order valence-electron chi connectivity index (χ2n) is 4.41. The zero-order chi connectivity index (χ0) is 12.3. The maximum atomic E-state index is 6.03. The van der Waals surface area contributed by atoms with Crippen molar-refractivity contribution >= 4 is 11.4 Å². The van der Waals surface area contributed by atoms with E-state index in [1.807, 2.05) is 18.2 Å². The standard InChI is InChI=1S/C13H20N2O2/c1-10-9-15(6-3-7-17-10)13-8-11(16-2)4-5-12(13)14/h4-5,8,10H,3,6-7,9,14H2,1-2H3. The van der Waals surface area contributed by atoms with Gasteiger partial charge < -0.3 is 20.1 Å². The van der Waals surface area contributed by atoms with Crippen LogP contribution in [0, 0.1) is 0 Å². The first kappa shape index (κ1) is 12.0. The predicted octanol–water partition coefficient (Wildman–Crippen LogP) is 1.89. The molecule has 4 heteroatoms. The summed E-state index contributed by atoms with van der Waals surface area (Å²) < 4.78 is 10.9. The van der Waals surface area contributed by atoms with Gasteiger partial charge in [0.05, 0.1) is 24.6 Å². The molecule has 1 aliphatic heterocycles. The Bertz CT molecular complexity index is 382. The quantitative estimate of drug-likeness (QED) is 0.797. The summed E-state index contributed by atoms with van der Waals surface area (Å²) >= 11 is 0. The van der Waals surface area contributed by atoms with E-state index in [1.165, 1.54) is 0 Å². The largest absolute Gasteiger partial charge is 0.497 e. The van der Waals surface area contributed by atoms with Crippen molar-refractivity contribution in [2.24, 2.45) is 0 Å². The molecule has 0 spiro atoms. The van der Waals surface area contributed by atoms with Crippen LogP contribution in [-0.4, -0.2) is 32.9 Å². The van der Waals surface area contributed by atoms with Crippen LogP contribution in [0.2, 0.25) is 0 Å². The van der Waals surface area contributed by atoms with Crippen LogP contribution in [0.1, 0.15) is 13.3 Å². The van der Waals surface area contributed by atoms with Crippen LogP contribution in [0.4, 0.5) is 11.4 Å². The molecule has 1 aromatic rings. The molecular formula is C13H20N2O2. The van der Waals surface area contributed by atoms with E-state index < -0.39 is 0 Å². The molecule has 1 unspecified atom stereocenters. The summed E-state index contributed by atoms with van der Waals surface area (Å²) in [5.41, 5.74) is 7.87. The van der Waals surface area contributed by atoms with Gasteiger partial charge in [-0.2, -0.15) is 0 Å². The van der Waals surface area contributed by atoms with Gasteiger partial charge in [-0.05, 0) is 25.5 Å². The molecule has 1 atom stereocenters. The molecule has 0 saturated carbocycles. The number of ether oxygens (including phenoxy) is 2. The fraction of sp³-hybridized carbons (Fsp3) is 0.538. The Kier molecular flexibility index (Phi) is 3.74. The lowest BCUT2D eigenvalue weighted by Crippen LogP contribution is -2.30. The highest BCUT2D eigenvalue weighted by molar-refractivity contribution is 5.69. The summed E-state index contributed by atoms with van der Waals surface area (Å²) in [5, 5.41) is 0. The van der Waals surface area contributed by atoms with Gasteiger partial charge in [-0.15, -0.1) is 0 Å². The second-order valence-corrected chi connectivity index (χ2v) is 4.41. The third-order valence-electron chi connectivity index (χ3n) is 3.03. The van der Waals surface area contributed by atoms with Gasteiger partial charge in [0.2, 0.25) is 0 Å². The number of anilines is 2. The molecular weight excluding hydrogens is 216 g/mol. The number of benzene rings is 1. The molecule has 1 heterocycles. The van der Waals surface area contributed by atoms with Crippen LogP contribution < -0.4 is 15.4 Å². The van der Waals surface area contributed by atoms with Crippen molar-refractivity contribution in [1.82, 2.24) is 0 Å². The predicted molar refractivity (Wildman–Crippen MR) is 69.7 cm³/mol. The first-order valence-electron chi connectivity index (χ1n) is 6.01. The lowest BCUT2D eigenvalue weighted by molar-refractivity contribution is 0.0821. The first-order chi connectivity index (χ1) is 8.20. The Hall–Kier alpha value is -1.42. The lowest BCUT2D eigenvalue weighted by atomic mass is 10.2. The van der Waals surface area contributed by atoms with Crippen molar-refractivity contribution in [1.29, 1.82) is 0 Å². The van der Waals surface area contributed by atoms with Crippen LogP contribution in [0.15, 0.2) is 18.2 Å². The number of rotatable bonds is 2. The minimum Gasteiger partial charge on any atom is -0.497 e. The Morgan fingerprint density at radius 3 is 3.06 bits per heavy atom. The summed E-state index contributed by atoms with van der Waals surface area (Å²) in [7, 11) is 1.67. The van der Waals surface area contributed by atoms with Gasteiger partial charge in [-0.1, -0.05) is 0 Å². The molecule has 0 aliphatic carbocycles. The normalized spacial score (nSPS) is 21.1. The van der Waals surface area contributed by atoms with Crippen molar-refractivity contribution in [3.8, 4) is 5.75 Å². The Balaban J connectivity index is 2.24. The SMILES string of the molecule is COc1ccc(N)c(N2CCCOC(C)C2)c1. The monoisotopic (exact) mass is 236 g/mol. The number of hydrogen-bond acceptors (Lipinski definition) is 4. The molecule has 1 fully saturated rings. The third kappa shape index (κ3) is 2.82. The van der Waals surface area contributed by atoms with E-state index >= 15 is 0 Å². The molecule has 0 aromatic heterocycles. The van der Waals surface area contributed by atoms with E-state index in [4.69, 9.17) is 15.2 Å². The second kappa shape index (κ2) is 5.27. The average molecular weight is 236 g/mol. The summed E-state index contributed by atoms with van der Waals surface area (Å²) in [5.74, 6) is 0.840. The van der Waals surface area contributed by atoms with Crippen LogP contribution in [-0.2, 0) is 4.74 Å². The maximum absolute atomic E-state index is 6.03. The molecule has 4 nitrogen and oxygen atoms in total. The van der Waals surface area contributed by atoms with Gasteiger partial charge in [0.15, 0.2) is 0 Å². The van der Waals surface area contributed by atoms with Crippen molar-refractivity contribution < 1.29 is 9.47 Å². The van der Waals surface area contributed by atoms with Gasteiger partial charge in [-0.25, -0.2) is 0 Å². The van der Waals surface area contributed by atoms with Crippen molar-refractivity contribution in [3.05, 3.63) is 18.2 Å². The molecule has 1 aromatic carbocycles. The summed E-state index contributed by atoms with van der Waals surface area (Å²) in [4.78, 5) is 2.27. The lowest BCUT2D eigenvalue weighted by Gasteiger charge is -2.26. The Morgan fingerprint density at radius 2 is 2.29 bits per heavy atom. The number of nitrogens with two attached hydrogens (primary N) is 1. The van der Waals surface area contributed by atoms with Gasteiger partial charge in [0.1, 0.15) is 5.75 Å². The van der Waals surface area contributed by atoms with Gasteiger partial charge in [0, 0.05) is 25.8 Å². The summed E-state index contributed by atoms with van der Waals surface area (Å²) in [6.45, 7) is 4.76. The van der Waals surface area contributed by atoms with Crippen LogP contribution in [0.3, 0.4) is 0 Å². The van der Waals surface area contributed by atoms with Crippen molar-refractivity contribution in [2.75, 3.05) is 37.4 Å². The molecule has 17 heavy (non-hydrogen) atoms. The summed E-state index contributed by atoms with van der Waals surface area (Å²) in [6.07, 6.45) is 1.27. The minimum atomic E-state index is 0.239. The highest BCUT2D eigenvalue weighted by Crippen LogP contribution is 2.29. The molecule has 94 valence electrons. The topological polar surface area (TPSA) is 47.7 Å². The highest BCUT2D eigenvalue weighted by atomic mass is 16.5. The molecule has 0 radical (unpaired) electrons. The zero-order valence-electron chi connectivity index (χ0n) is 10.5. The number of nitrogens with zero attached hydrogens (tertiary/aromatic N) is 1. The van der Waals surface area contributed by atoms with E-state index in [1.54, 1.807) is 7.11 Å². The van der Waals surface area contributed by atoms with E-state index in [0.717, 1.165) is 43.2 Å². The number of nitrogen functional groups attached to an aromatic ring is 1. The van der Waals surface area contributed by atoms with E-state index in [9.17, 15) is 0 Å². The van der Waals surface area contributed by atoms with E-state index in [-0.39, 0.29) is 6.10 Å². The average Bonchev–Trinajstić information content (AvgIpc) is 2.54. The summed E-state index contributed by atoms with van der Waals surface area (Å²) in [6, 6.07) is 5.77. The third-order valence-corrected chi connectivity index (χ3v) is 3.03. The number of methoxy groups -OCH3 is 1. The van der Waals surface area contributed by atoms with E-state index in [2.05, 4.69) is 11.8 Å². The van der Waals surface area contributed by atoms with Gasteiger partial charge in [0.25, 0.3) is 0 Å². The molecule has 0 bridgehead atoms. The Labute approximate surface area is 102 Å². The maximum Gasteiger partial charge on any atom is 0.121 e. The Morgan fingerprint density at radius 1 is 1.47 bits per heavy atom. The van der Waals surface area contributed by atoms with Gasteiger partial charge >= 0.3 is 0 Å². The molecule has 2 N–H and O–H groups in total. The smallest absolute Gasteiger partial charge is 0.121 e. The van der Waals surface area contributed by atoms with Crippen LogP contribution >= 0.6 is 0 Å². The number of hydrogen-bond donors (Lipinski definition) is 1. The zero-order valence-corrected chi connectivity index (χ0v) is 10.5.